The highest BCUT2D eigenvalue weighted by molar-refractivity contribution is 7.10. The lowest BCUT2D eigenvalue weighted by atomic mass is 10.3. The fraction of sp³-hybridized carbons (Fsp3) is 0.889. The maximum atomic E-state index is 11.8. The zero-order valence-corrected chi connectivity index (χ0v) is 13.0. The molecule has 2 N–H and O–H groups in total. The Hall–Kier alpha value is -0.0300. The van der Waals surface area contributed by atoms with Crippen molar-refractivity contribution in [3.8, 4) is 0 Å². The first-order valence-corrected chi connectivity index (χ1v) is 6.40. The predicted molar refractivity (Wildman–Crippen MR) is 73.5 cm³/mol. The Morgan fingerprint density at radius 2 is 1.39 bits per heavy atom. The first kappa shape index (κ1) is 18.0. The number of aliphatic hydroxyl groups is 2. The maximum Gasteiger partial charge on any atom is 0.319 e. The van der Waals surface area contributed by atoms with Gasteiger partial charge in [0.25, 0.3) is 0 Å². The summed E-state index contributed by atoms with van der Waals surface area (Å²) in [4.78, 5) is 14.8. The molecule has 0 aliphatic carbocycles. The number of hydrogen-bond acceptors (Lipinski definition) is 5. The van der Waals surface area contributed by atoms with Gasteiger partial charge in [-0.25, -0.2) is 4.79 Å². The number of rotatable bonds is 8. The zero-order valence-electron chi connectivity index (χ0n) is 10.7. The van der Waals surface area contributed by atoms with Gasteiger partial charge in [0.2, 0.25) is 0 Å². The van der Waals surface area contributed by atoms with Crippen LogP contribution in [-0.4, -0.2) is 65.8 Å². The average Bonchev–Trinajstić information content (AvgIpc) is 2.39. The first-order valence-electron chi connectivity index (χ1n) is 5.45. The summed E-state index contributed by atoms with van der Waals surface area (Å²) in [6.45, 7) is 0.753. The monoisotopic (exact) mass is 300 g/mol. The largest absolute Gasteiger partial charge is 0.368 e. The van der Waals surface area contributed by atoms with Crippen molar-refractivity contribution in [3.05, 3.63) is 0 Å². The van der Waals surface area contributed by atoms with Crippen LogP contribution in [0.25, 0.3) is 0 Å². The summed E-state index contributed by atoms with van der Waals surface area (Å²) < 4.78 is 9.21. The summed E-state index contributed by atoms with van der Waals surface area (Å²) in [5.74, 6) is 0. The molecule has 108 valence electrons. The van der Waals surface area contributed by atoms with E-state index >= 15 is 0 Å². The summed E-state index contributed by atoms with van der Waals surface area (Å²) in [5.41, 5.74) is 0. The molecule has 0 aliphatic heterocycles. The van der Waals surface area contributed by atoms with Gasteiger partial charge in [0.1, 0.15) is 0 Å². The van der Waals surface area contributed by atoms with Gasteiger partial charge in [0.15, 0.2) is 12.6 Å². The minimum Gasteiger partial charge on any atom is -0.368 e. The lowest BCUT2D eigenvalue weighted by Gasteiger charge is -2.26. The number of nitrogens with zero attached hydrogens (tertiary/aromatic N) is 2. The Kier molecular flexibility index (Phi) is 9.83. The van der Waals surface area contributed by atoms with Gasteiger partial charge in [0, 0.05) is 59.0 Å². The van der Waals surface area contributed by atoms with E-state index in [1.165, 1.54) is 9.80 Å². The second-order valence-electron chi connectivity index (χ2n) is 3.88. The molecule has 0 heterocycles. The molecular weight excluding hydrogens is 278 g/mol. The Morgan fingerprint density at radius 1 is 1.06 bits per heavy atom. The molecule has 0 spiro atoms. The highest BCUT2D eigenvalue weighted by Crippen LogP contribution is 2.05. The molecule has 4 atom stereocenters. The van der Waals surface area contributed by atoms with E-state index in [4.69, 9.17) is 0 Å². The van der Waals surface area contributed by atoms with Gasteiger partial charge in [-0.05, 0) is 0 Å². The number of urea groups is 1. The second kappa shape index (κ2) is 9.84. The molecule has 0 aromatic rings. The molecule has 0 aromatic heterocycles. The quantitative estimate of drug-likeness (QED) is 0.487. The van der Waals surface area contributed by atoms with E-state index in [-0.39, 0.29) is 6.03 Å². The van der Waals surface area contributed by atoms with Gasteiger partial charge < -0.3 is 29.1 Å². The highest BCUT2D eigenvalue weighted by atomic mass is 31.0. The fourth-order valence-corrected chi connectivity index (χ4v) is 1.50. The van der Waals surface area contributed by atoms with E-state index in [0.717, 1.165) is 0 Å². The predicted octanol–water partition coefficient (Wildman–Crippen LogP) is 0.000400. The molecule has 0 aromatic carbocycles. The van der Waals surface area contributed by atoms with Gasteiger partial charge in [-0.3, -0.25) is 0 Å². The molecule has 0 fully saturated rings. The molecule has 0 rings (SSSR count). The molecule has 0 saturated carbocycles. The van der Waals surface area contributed by atoms with Crippen molar-refractivity contribution >= 4 is 25.0 Å². The van der Waals surface area contributed by atoms with Crippen molar-refractivity contribution in [1.82, 2.24) is 9.80 Å². The lowest BCUT2D eigenvalue weighted by Crippen LogP contribution is -2.41. The number of carbonyl (C=O) groups excluding carboxylic acids is 1. The van der Waals surface area contributed by atoms with Crippen molar-refractivity contribution in [1.29, 1.82) is 0 Å². The Bertz CT molecular complexity index is 225. The summed E-state index contributed by atoms with van der Waals surface area (Å²) >= 11 is 0. The van der Waals surface area contributed by atoms with Crippen LogP contribution in [0.3, 0.4) is 0 Å². The Morgan fingerprint density at radius 3 is 1.67 bits per heavy atom. The summed E-state index contributed by atoms with van der Waals surface area (Å²) in [6.07, 6.45) is -1.14. The second-order valence-corrected chi connectivity index (χ2v) is 4.43. The third-order valence-electron chi connectivity index (χ3n) is 2.39. The standard InChI is InChI=1S/C9H22N2O5P2/c1-10(5-3-7(12)15-17)9(14)11(2)6-4-8(13)16-18/h7-8,12-13H,3-6,17-18H2,1-2H3. The number of amides is 2. The smallest absolute Gasteiger partial charge is 0.319 e. The van der Waals surface area contributed by atoms with Gasteiger partial charge in [-0.1, -0.05) is 0 Å². The molecule has 2 amide bonds. The summed E-state index contributed by atoms with van der Waals surface area (Å²) in [7, 11) is 7.21. The number of aliphatic hydroxyl groups excluding tert-OH is 2. The van der Waals surface area contributed by atoms with E-state index in [9.17, 15) is 15.0 Å². The number of carbonyl (C=O) groups is 1. The highest BCUT2D eigenvalue weighted by Gasteiger charge is 2.16. The Balaban J connectivity index is 3.96. The molecule has 0 radical (unpaired) electrons. The van der Waals surface area contributed by atoms with Gasteiger partial charge in [-0.15, -0.1) is 0 Å². The molecule has 0 bridgehead atoms. The molecule has 9 heteroatoms. The molecule has 7 nitrogen and oxygen atoms in total. The van der Waals surface area contributed by atoms with E-state index in [2.05, 4.69) is 9.05 Å². The van der Waals surface area contributed by atoms with Crippen molar-refractivity contribution in [2.45, 2.75) is 25.4 Å². The third-order valence-corrected chi connectivity index (χ3v) is 3.02. The van der Waals surface area contributed by atoms with Crippen molar-refractivity contribution < 1.29 is 24.1 Å². The third kappa shape index (κ3) is 7.41. The molecule has 0 aliphatic rings. The van der Waals surface area contributed by atoms with Crippen molar-refractivity contribution in [2.24, 2.45) is 0 Å². The lowest BCUT2D eigenvalue weighted by molar-refractivity contribution is -0.0151. The van der Waals surface area contributed by atoms with Crippen molar-refractivity contribution in [2.75, 3.05) is 27.2 Å². The van der Waals surface area contributed by atoms with E-state index in [0.29, 0.717) is 25.9 Å². The van der Waals surface area contributed by atoms with E-state index < -0.39 is 12.6 Å². The molecule has 18 heavy (non-hydrogen) atoms. The van der Waals surface area contributed by atoms with E-state index in [1.54, 1.807) is 14.1 Å². The number of hydrogen-bond donors (Lipinski definition) is 2. The Labute approximate surface area is 112 Å². The van der Waals surface area contributed by atoms with Crippen molar-refractivity contribution in [3.63, 3.8) is 0 Å². The van der Waals surface area contributed by atoms with Crippen LogP contribution in [-0.2, 0) is 9.05 Å². The van der Waals surface area contributed by atoms with Crippen LogP contribution >= 0.6 is 18.9 Å². The normalized spacial score (nSPS) is 14.1. The molecule has 4 unspecified atom stereocenters. The fourth-order valence-electron chi connectivity index (χ4n) is 1.23. The van der Waals surface area contributed by atoms with Crippen LogP contribution in [0.2, 0.25) is 0 Å². The summed E-state index contributed by atoms with van der Waals surface area (Å²) in [6, 6.07) is -0.193. The minimum absolute atomic E-state index is 0.193. The maximum absolute atomic E-state index is 11.8. The topological polar surface area (TPSA) is 82.5 Å². The zero-order chi connectivity index (χ0) is 14.1. The molecular formula is C9H22N2O5P2. The van der Waals surface area contributed by atoms with Crippen LogP contribution in [0.1, 0.15) is 12.8 Å². The van der Waals surface area contributed by atoms with Crippen LogP contribution in [0, 0.1) is 0 Å². The van der Waals surface area contributed by atoms with Gasteiger partial charge in [0.05, 0.1) is 0 Å². The SMILES string of the molecule is CN(CCC(O)OP)C(=O)N(C)CCC(O)OP. The molecule has 0 saturated heterocycles. The minimum atomic E-state index is -0.900. The van der Waals surface area contributed by atoms with Gasteiger partial charge >= 0.3 is 6.03 Å². The van der Waals surface area contributed by atoms with Crippen LogP contribution in [0.5, 0.6) is 0 Å². The van der Waals surface area contributed by atoms with Crippen LogP contribution < -0.4 is 0 Å². The average molecular weight is 300 g/mol. The van der Waals surface area contributed by atoms with Crippen LogP contribution in [0.15, 0.2) is 0 Å². The summed E-state index contributed by atoms with van der Waals surface area (Å²) in [5, 5.41) is 18.4. The van der Waals surface area contributed by atoms with E-state index in [1.807, 2.05) is 18.9 Å². The first-order chi connectivity index (χ1) is 8.42. The van der Waals surface area contributed by atoms with Gasteiger partial charge in [-0.2, -0.15) is 0 Å². The van der Waals surface area contributed by atoms with Crippen LogP contribution in [0.4, 0.5) is 4.79 Å².